The molecule has 7 nitrogen and oxygen atoms in total. The van der Waals surface area contributed by atoms with E-state index in [0.717, 1.165) is 17.3 Å². The summed E-state index contributed by atoms with van der Waals surface area (Å²) in [6, 6.07) is 13.4. The third kappa shape index (κ3) is 6.16. The van der Waals surface area contributed by atoms with Crippen molar-refractivity contribution in [2.45, 2.75) is 23.9 Å². The third-order valence-corrected chi connectivity index (χ3v) is 6.67. The van der Waals surface area contributed by atoms with Gasteiger partial charge in [0.25, 0.3) is 0 Å². The van der Waals surface area contributed by atoms with Gasteiger partial charge >= 0.3 is 0 Å². The van der Waals surface area contributed by atoms with E-state index in [1.165, 1.54) is 30.0 Å². The number of rotatable bonds is 10. The average molecular weight is 463 g/mol. The van der Waals surface area contributed by atoms with Gasteiger partial charge in [-0.1, -0.05) is 24.3 Å². The Morgan fingerprint density at radius 3 is 2.55 bits per heavy atom. The van der Waals surface area contributed by atoms with Gasteiger partial charge in [0.2, 0.25) is 15.9 Å². The van der Waals surface area contributed by atoms with E-state index in [-0.39, 0.29) is 13.0 Å². The normalized spacial score (nSPS) is 12.5. The molecule has 2 aromatic carbocycles. The van der Waals surface area contributed by atoms with Gasteiger partial charge in [0.05, 0.1) is 5.69 Å². The smallest absolute Gasteiger partial charge is 0.244 e. The maximum absolute atomic E-state index is 14.0. The van der Waals surface area contributed by atoms with Gasteiger partial charge in [-0.2, -0.15) is 21.6 Å². The number of sulfonamides is 1. The fourth-order valence-electron chi connectivity index (χ4n) is 2.89. The summed E-state index contributed by atoms with van der Waals surface area (Å²) >= 11 is 1.49. The van der Waals surface area contributed by atoms with E-state index in [4.69, 9.17) is 0 Å². The van der Waals surface area contributed by atoms with Crippen LogP contribution >= 0.6 is 11.8 Å². The van der Waals surface area contributed by atoms with E-state index in [1.54, 1.807) is 10.9 Å². The molecule has 0 saturated carbocycles. The lowest BCUT2D eigenvalue weighted by atomic mass is 10.2. The third-order valence-electron chi connectivity index (χ3n) is 4.52. The molecule has 0 fully saturated rings. The lowest BCUT2D eigenvalue weighted by Gasteiger charge is -2.18. The van der Waals surface area contributed by atoms with Crippen molar-refractivity contribution in [1.29, 1.82) is 0 Å². The Morgan fingerprint density at radius 2 is 1.90 bits per heavy atom. The van der Waals surface area contributed by atoms with Crippen LogP contribution in [0.1, 0.15) is 12.0 Å². The molecule has 1 unspecified atom stereocenters. The summed E-state index contributed by atoms with van der Waals surface area (Å²) in [5.74, 6) is -0.766. The standard InChI is InChI=1S/C21H23FN4O3S2/c1-30-14-11-19(25-31(28,29)20-6-3-2-5-18(20)22)21(27)23-15-16-7-9-17(10-8-16)26-13-4-12-24-26/h2-10,12-13,19,25H,11,14-15H2,1H3,(H,23,27). The molecule has 3 aromatic rings. The molecule has 3 rings (SSSR count). The van der Waals surface area contributed by atoms with Crippen LogP contribution in [0.4, 0.5) is 4.39 Å². The molecule has 31 heavy (non-hydrogen) atoms. The number of aromatic nitrogens is 2. The summed E-state index contributed by atoms with van der Waals surface area (Å²) in [5, 5.41) is 6.92. The lowest BCUT2D eigenvalue weighted by Crippen LogP contribution is -2.46. The zero-order valence-corrected chi connectivity index (χ0v) is 18.5. The fourth-order valence-corrected chi connectivity index (χ4v) is 4.67. The molecule has 1 aromatic heterocycles. The quantitative estimate of drug-likeness (QED) is 0.483. The number of nitrogens with one attached hydrogen (secondary N) is 2. The van der Waals surface area contributed by atoms with Gasteiger partial charge < -0.3 is 5.32 Å². The minimum Gasteiger partial charge on any atom is -0.351 e. The number of carbonyl (C=O) groups is 1. The SMILES string of the molecule is CSCCC(NS(=O)(=O)c1ccccc1F)C(=O)NCc1ccc(-n2cccn2)cc1. The van der Waals surface area contributed by atoms with Gasteiger partial charge in [-0.15, -0.1) is 0 Å². The van der Waals surface area contributed by atoms with Gasteiger partial charge in [0.15, 0.2) is 0 Å². The van der Waals surface area contributed by atoms with Crippen molar-refractivity contribution in [3.63, 3.8) is 0 Å². The topological polar surface area (TPSA) is 93.1 Å². The molecule has 1 atom stereocenters. The van der Waals surface area contributed by atoms with E-state index < -0.39 is 32.7 Å². The van der Waals surface area contributed by atoms with Crippen LogP contribution in [0.2, 0.25) is 0 Å². The highest BCUT2D eigenvalue weighted by atomic mass is 32.2. The largest absolute Gasteiger partial charge is 0.351 e. The fraction of sp³-hybridized carbons (Fsp3) is 0.238. The zero-order chi connectivity index (χ0) is 22.3. The number of halogens is 1. The van der Waals surface area contributed by atoms with Crippen molar-refractivity contribution in [2.75, 3.05) is 12.0 Å². The molecule has 10 heteroatoms. The summed E-state index contributed by atoms with van der Waals surface area (Å²) in [6.07, 6.45) is 5.65. The van der Waals surface area contributed by atoms with Crippen molar-refractivity contribution >= 4 is 27.7 Å². The molecule has 0 aliphatic heterocycles. The van der Waals surface area contributed by atoms with E-state index in [0.29, 0.717) is 5.75 Å². The number of carbonyl (C=O) groups excluding carboxylic acids is 1. The van der Waals surface area contributed by atoms with Crippen LogP contribution in [0.5, 0.6) is 0 Å². The Balaban J connectivity index is 1.66. The van der Waals surface area contributed by atoms with Crippen molar-refractivity contribution < 1.29 is 17.6 Å². The zero-order valence-electron chi connectivity index (χ0n) is 16.9. The Morgan fingerprint density at radius 1 is 1.16 bits per heavy atom. The number of benzene rings is 2. The number of amides is 1. The van der Waals surface area contributed by atoms with Crippen LogP contribution in [-0.2, 0) is 21.4 Å². The van der Waals surface area contributed by atoms with Gasteiger partial charge in [0, 0.05) is 18.9 Å². The Kier molecular flexibility index (Phi) is 7.83. The summed E-state index contributed by atoms with van der Waals surface area (Å²) < 4.78 is 43.2. The molecule has 0 saturated heterocycles. The Labute approximate surface area is 185 Å². The number of nitrogens with zero attached hydrogens (tertiary/aromatic N) is 2. The van der Waals surface area contributed by atoms with Gasteiger partial charge in [-0.25, -0.2) is 17.5 Å². The van der Waals surface area contributed by atoms with Crippen LogP contribution in [0.25, 0.3) is 5.69 Å². The summed E-state index contributed by atoms with van der Waals surface area (Å²) in [6.45, 7) is 0.232. The van der Waals surface area contributed by atoms with Crippen molar-refractivity contribution in [3.05, 3.63) is 78.4 Å². The Bertz CT molecular complexity index is 1100. The molecular formula is C21H23FN4O3S2. The first-order valence-corrected chi connectivity index (χ1v) is 12.4. The minimum absolute atomic E-state index is 0.232. The first-order chi connectivity index (χ1) is 14.9. The van der Waals surface area contributed by atoms with Crippen molar-refractivity contribution in [3.8, 4) is 5.69 Å². The van der Waals surface area contributed by atoms with Crippen molar-refractivity contribution in [2.24, 2.45) is 0 Å². The van der Waals surface area contributed by atoms with Crippen molar-refractivity contribution in [1.82, 2.24) is 19.8 Å². The van der Waals surface area contributed by atoms with E-state index in [1.807, 2.05) is 42.8 Å². The molecule has 1 heterocycles. The second kappa shape index (κ2) is 10.6. The van der Waals surface area contributed by atoms with E-state index in [9.17, 15) is 17.6 Å². The average Bonchev–Trinajstić information content (AvgIpc) is 3.30. The first-order valence-electron chi connectivity index (χ1n) is 9.53. The molecule has 0 bridgehead atoms. The molecule has 164 valence electrons. The van der Waals surface area contributed by atoms with Gasteiger partial charge in [-0.3, -0.25) is 4.79 Å². The predicted octanol–water partition coefficient (Wildman–Crippen LogP) is 2.73. The second-order valence-electron chi connectivity index (χ2n) is 6.72. The summed E-state index contributed by atoms with van der Waals surface area (Å²) in [7, 11) is -4.18. The molecular weight excluding hydrogens is 439 g/mol. The minimum atomic E-state index is -4.18. The van der Waals surface area contributed by atoms with E-state index >= 15 is 0 Å². The number of thioether (sulfide) groups is 1. The van der Waals surface area contributed by atoms with Crippen LogP contribution in [0, 0.1) is 5.82 Å². The highest BCUT2D eigenvalue weighted by molar-refractivity contribution is 7.98. The van der Waals surface area contributed by atoms with Gasteiger partial charge in [-0.05, 0) is 54.3 Å². The molecule has 0 spiro atoms. The molecule has 2 N–H and O–H groups in total. The predicted molar refractivity (Wildman–Crippen MR) is 119 cm³/mol. The molecule has 0 aliphatic rings. The Hall–Kier alpha value is -2.69. The molecule has 1 amide bonds. The first kappa shape index (κ1) is 23.0. The number of hydrogen-bond donors (Lipinski definition) is 2. The van der Waals surface area contributed by atoms with Crippen LogP contribution in [0.3, 0.4) is 0 Å². The lowest BCUT2D eigenvalue weighted by molar-refractivity contribution is -0.122. The monoisotopic (exact) mass is 462 g/mol. The highest BCUT2D eigenvalue weighted by Crippen LogP contribution is 2.15. The summed E-state index contributed by atoms with van der Waals surface area (Å²) in [4.78, 5) is 12.2. The maximum Gasteiger partial charge on any atom is 0.244 e. The number of hydrogen-bond acceptors (Lipinski definition) is 5. The van der Waals surface area contributed by atoms with Crippen LogP contribution in [-0.4, -0.2) is 42.2 Å². The van der Waals surface area contributed by atoms with Gasteiger partial charge in [0.1, 0.15) is 16.8 Å². The second-order valence-corrected chi connectivity index (χ2v) is 9.39. The highest BCUT2D eigenvalue weighted by Gasteiger charge is 2.27. The molecule has 0 aliphatic carbocycles. The summed E-state index contributed by atoms with van der Waals surface area (Å²) in [5.41, 5.74) is 1.74. The van der Waals surface area contributed by atoms with E-state index in [2.05, 4.69) is 15.1 Å². The molecule has 0 radical (unpaired) electrons. The maximum atomic E-state index is 14.0. The van der Waals surface area contributed by atoms with Crippen LogP contribution in [0.15, 0.2) is 71.9 Å². The van der Waals surface area contributed by atoms with Crippen LogP contribution < -0.4 is 10.0 Å².